The maximum Gasteiger partial charge on any atom is 0.412 e. The van der Waals surface area contributed by atoms with E-state index in [1.54, 1.807) is 61.0 Å². The maximum atomic E-state index is 12.7. The molecule has 0 saturated heterocycles. The highest BCUT2D eigenvalue weighted by Gasteiger charge is 2.20. The number of carbonyl (C=O) groups is 4. The van der Waals surface area contributed by atoms with Gasteiger partial charge in [-0.1, -0.05) is 25.3 Å². The van der Waals surface area contributed by atoms with Crippen LogP contribution in [0, 0.1) is 0 Å². The SMILES string of the molecule is C=C(NC(=O)c1csc2nc(-c3ccc(NC(=O)OC(C)(C)C)cc3)cn12)C(=O)NC(=C)C(=O)OC. The van der Waals surface area contributed by atoms with Crippen LogP contribution in [0.3, 0.4) is 0 Å². The van der Waals surface area contributed by atoms with Crippen LogP contribution in [0.15, 0.2) is 60.4 Å². The van der Waals surface area contributed by atoms with Crippen LogP contribution in [0.1, 0.15) is 31.3 Å². The number of rotatable bonds is 7. The summed E-state index contributed by atoms with van der Waals surface area (Å²) < 4.78 is 11.3. The number of anilines is 1. The molecule has 2 heterocycles. The molecule has 0 spiro atoms. The summed E-state index contributed by atoms with van der Waals surface area (Å²) in [5.41, 5.74) is 0.978. The predicted molar refractivity (Wildman–Crippen MR) is 134 cm³/mol. The lowest BCUT2D eigenvalue weighted by Crippen LogP contribution is -2.35. The topological polar surface area (TPSA) is 140 Å². The summed E-state index contributed by atoms with van der Waals surface area (Å²) in [6.07, 6.45) is 1.12. The predicted octanol–water partition coefficient (Wildman–Crippen LogP) is 3.46. The van der Waals surface area contributed by atoms with Gasteiger partial charge in [0.25, 0.3) is 11.8 Å². The Morgan fingerprint density at radius 2 is 1.69 bits per heavy atom. The first-order chi connectivity index (χ1) is 16.9. The third-order valence-corrected chi connectivity index (χ3v) is 5.34. The Balaban J connectivity index is 1.69. The van der Waals surface area contributed by atoms with Gasteiger partial charge in [0.1, 0.15) is 17.0 Å². The molecule has 0 unspecified atom stereocenters. The van der Waals surface area contributed by atoms with E-state index >= 15 is 0 Å². The number of hydrogen-bond donors (Lipinski definition) is 3. The van der Waals surface area contributed by atoms with E-state index in [4.69, 9.17) is 4.74 Å². The summed E-state index contributed by atoms with van der Waals surface area (Å²) in [7, 11) is 1.15. The second-order valence-electron chi connectivity index (χ2n) is 8.46. The van der Waals surface area contributed by atoms with E-state index in [1.165, 1.54) is 11.3 Å². The lowest BCUT2D eigenvalue weighted by molar-refractivity contribution is -0.137. The normalized spacial score (nSPS) is 10.9. The number of carbonyl (C=O) groups excluding carboxylic acids is 4. The van der Waals surface area contributed by atoms with E-state index in [1.807, 2.05) is 0 Å². The first kappa shape index (κ1) is 26.2. The molecule has 188 valence electrons. The maximum absolute atomic E-state index is 12.7. The van der Waals surface area contributed by atoms with Gasteiger partial charge >= 0.3 is 12.1 Å². The van der Waals surface area contributed by atoms with Crippen molar-refractivity contribution in [2.45, 2.75) is 26.4 Å². The van der Waals surface area contributed by atoms with Crippen LogP contribution in [0.25, 0.3) is 16.2 Å². The summed E-state index contributed by atoms with van der Waals surface area (Å²) in [6.45, 7) is 12.2. The average molecular weight is 512 g/mol. The Bertz CT molecular complexity index is 1360. The lowest BCUT2D eigenvalue weighted by Gasteiger charge is -2.19. The van der Waals surface area contributed by atoms with E-state index in [0.29, 0.717) is 16.3 Å². The number of methoxy groups -OCH3 is 1. The molecule has 3 rings (SSSR count). The standard InChI is InChI=1S/C24H25N5O6S/c1-13(19(30)26-14(2)21(32)34-6)25-20(31)18-12-36-22-28-17(11-29(18)22)15-7-9-16(10-8-15)27-23(33)35-24(3,4)5/h7-12H,1-2H2,3-6H3,(H,25,31)(H,26,30)(H,27,33). The fourth-order valence-electron chi connectivity index (χ4n) is 2.88. The van der Waals surface area contributed by atoms with E-state index in [0.717, 1.165) is 12.7 Å². The van der Waals surface area contributed by atoms with Gasteiger partial charge in [-0.25, -0.2) is 14.6 Å². The molecule has 1 aromatic carbocycles. The third kappa shape index (κ3) is 6.36. The molecule has 0 atom stereocenters. The van der Waals surface area contributed by atoms with E-state index < -0.39 is 29.5 Å². The second kappa shape index (κ2) is 10.4. The Morgan fingerprint density at radius 1 is 1.03 bits per heavy atom. The van der Waals surface area contributed by atoms with Gasteiger partial charge in [-0.15, -0.1) is 11.3 Å². The highest BCUT2D eigenvalue weighted by Crippen LogP contribution is 2.25. The summed E-state index contributed by atoms with van der Waals surface area (Å²) >= 11 is 1.24. The average Bonchev–Trinajstić information content (AvgIpc) is 3.38. The van der Waals surface area contributed by atoms with Gasteiger partial charge < -0.3 is 20.1 Å². The number of benzene rings is 1. The van der Waals surface area contributed by atoms with Gasteiger partial charge in [-0.2, -0.15) is 0 Å². The molecule has 0 saturated carbocycles. The zero-order valence-corrected chi connectivity index (χ0v) is 20.9. The Hall–Kier alpha value is -4.45. The number of amides is 3. The minimum Gasteiger partial charge on any atom is -0.464 e. The highest BCUT2D eigenvalue weighted by atomic mass is 32.1. The smallest absolute Gasteiger partial charge is 0.412 e. The molecule has 3 aromatic rings. The van der Waals surface area contributed by atoms with Crippen molar-refractivity contribution in [1.29, 1.82) is 0 Å². The minimum atomic E-state index is -0.818. The number of thiazole rings is 1. The summed E-state index contributed by atoms with van der Waals surface area (Å²) in [6, 6.07) is 6.98. The van der Waals surface area contributed by atoms with E-state index in [-0.39, 0.29) is 17.1 Å². The van der Waals surface area contributed by atoms with Gasteiger partial charge in [0, 0.05) is 22.8 Å². The molecule has 0 bridgehead atoms. The highest BCUT2D eigenvalue weighted by molar-refractivity contribution is 7.15. The molecule has 0 aliphatic rings. The Kier molecular flexibility index (Phi) is 7.59. The number of hydrogen-bond acceptors (Lipinski definition) is 8. The third-order valence-electron chi connectivity index (χ3n) is 4.50. The fourth-order valence-corrected chi connectivity index (χ4v) is 3.73. The first-order valence-electron chi connectivity index (χ1n) is 10.5. The van der Waals surface area contributed by atoms with Crippen LogP contribution in [0.4, 0.5) is 10.5 Å². The largest absolute Gasteiger partial charge is 0.464 e. The summed E-state index contributed by atoms with van der Waals surface area (Å²) in [5.74, 6) is -2.22. The van der Waals surface area contributed by atoms with Gasteiger partial charge in [-0.3, -0.25) is 19.3 Å². The van der Waals surface area contributed by atoms with Crippen molar-refractivity contribution in [1.82, 2.24) is 20.0 Å². The van der Waals surface area contributed by atoms with Crippen LogP contribution in [-0.4, -0.2) is 46.0 Å². The van der Waals surface area contributed by atoms with E-state index in [9.17, 15) is 19.2 Å². The molecular weight excluding hydrogens is 486 g/mol. The molecule has 0 radical (unpaired) electrons. The number of fused-ring (bicyclic) bond motifs is 1. The number of esters is 1. The molecular formula is C24H25N5O6S. The zero-order chi connectivity index (χ0) is 26.6. The van der Waals surface area contributed by atoms with Crippen LogP contribution < -0.4 is 16.0 Å². The van der Waals surface area contributed by atoms with Gasteiger partial charge in [-0.05, 0) is 32.9 Å². The first-order valence-corrected chi connectivity index (χ1v) is 11.4. The number of ether oxygens (including phenoxy) is 2. The Labute approximate surface area is 210 Å². The Morgan fingerprint density at radius 3 is 2.31 bits per heavy atom. The van der Waals surface area contributed by atoms with Gasteiger partial charge in [0.2, 0.25) is 0 Å². The second-order valence-corrected chi connectivity index (χ2v) is 9.30. The van der Waals surface area contributed by atoms with Crippen molar-refractivity contribution in [3.63, 3.8) is 0 Å². The number of imidazole rings is 1. The van der Waals surface area contributed by atoms with Crippen molar-refractivity contribution >= 4 is 45.9 Å². The van der Waals surface area contributed by atoms with Crippen molar-refractivity contribution < 1.29 is 28.7 Å². The molecule has 36 heavy (non-hydrogen) atoms. The fraction of sp³-hybridized carbons (Fsp3) is 0.208. The van der Waals surface area contributed by atoms with Crippen molar-refractivity contribution in [2.75, 3.05) is 12.4 Å². The summed E-state index contributed by atoms with van der Waals surface area (Å²) in [5, 5.41) is 8.85. The number of nitrogens with zero attached hydrogens (tertiary/aromatic N) is 2. The molecule has 0 aliphatic carbocycles. The van der Waals surface area contributed by atoms with Crippen molar-refractivity contribution in [3.8, 4) is 11.3 Å². The molecule has 0 aliphatic heterocycles. The number of aromatic nitrogens is 2. The number of nitrogens with one attached hydrogen (secondary N) is 3. The van der Waals surface area contributed by atoms with Crippen LogP contribution >= 0.6 is 11.3 Å². The van der Waals surface area contributed by atoms with Crippen LogP contribution in [0.5, 0.6) is 0 Å². The van der Waals surface area contributed by atoms with Crippen LogP contribution in [0.2, 0.25) is 0 Å². The minimum absolute atomic E-state index is 0.234. The molecule has 12 heteroatoms. The molecule has 11 nitrogen and oxygen atoms in total. The lowest BCUT2D eigenvalue weighted by atomic mass is 10.1. The quantitative estimate of drug-likeness (QED) is 0.326. The van der Waals surface area contributed by atoms with Gasteiger partial charge in [0.05, 0.1) is 18.5 Å². The summed E-state index contributed by atoms with van der Waals surface area (Å²) in [4.78, 5) is 53.3. The zero-order valence-electron chi connectivity index (χ0n) is 20.1. The molecule has 0 fully saturated rings. The van der Waals surface area contributed by atoms with Crippen molar-refractivity contribution in [3.05, 3.63) is 66.1 Å². The van der Waals surface area contributed by atoms with Crippen molar-refractivity contribution in [2.24, 2.45) is 0 Å². The molecule has 2 aromatic heterocycles. The van der Waals surface area contributed by atoms with E-state index in [2.05, 4.69) is 38.8 Å². The van der Waals surface area contributed by atoms with Crippen LogP contribution in [-0.2, 0) is 19.1 Å². The molecule has 3 amide bonds. The monoisotopic (exact) mass is 511 g/mol. The van der Waals surface area contributed by atoms with Gasteiger partial charge in [0.15, 0.2) is 4.96 Å². The molecule has 3 N–H and O–H groups in total.